The molecule has 0 amide bonds. The van der Waals surface area contributed by atoms with E-state index in [-0.39, 0.29) is 30.1 Å². The van der Waals surface area contributed by atoms with Crippen LogP contribution in [0, 0.1) is 18.6 Å². The molecular formula is C21H15F2N7O2. The molecule has 32 heavy (non-hydrogen) atoms. The first-order valence-electron chi connectivity index (χ1n) is 9.59. The predicted molar refractivity (Wildman–Crippen MR) is 109 cm³/mol. The van der Waals surface area contributed by atoms with Crippen molar-refractivity contribution < 1.29 is 13.3 Å². The number of rotatable bonds is 5. The molecule has 0 saturated carbocycles. The molecule has 5 rings (SSSR count). The Hall–Kier alpha value is -4.28. The van der Waals surface area contributed by atoms with Crippen LogP contribution in [-0.4, -0.2) is 34.7 Å². The molecule has 3 heterocycles. The summed E-state index contributed by atoms with van der Waals surface area (Å²) in [6.45, 7) is 1.97. The monoisotopic (exact) mass is 435 g/mol. The molecule has 0 fully saturated rings. The van der Waals surface area contributed by atoms with E-state index in [1.165, 1.54) is 27.7 Å². The Morgan fingerprint density at radius 1 is 1.06 bits per heavy atom. The van der Waals surface area contributed by atoms with Crippen molar-refractivity contribution in [3.8, 4) is 11.4 Å². The summed E-state index contributed by atoms with van der Waals surface area (Å²) in [4.78, 5) is 21.4. The van der Waals surface area contributed by atoms with Gasteiger partial charge in [-0.05, 0) is 30.7 Å². The number of nitrogens with zero attached hydrogens (tertiary/aromatic N) is 7. The van der Waals surface area contributed by atoms with Crippen molar-refractivity contribution in [2.75, 3.05) is 0 Å². The average Bonchev–Trinajstić information content (AvgIpc) is 3.37. The van der Waals surface area contributed by atoms with E-state index in [1.54, 1.807) is 0 Å². The number of benzene rings is 2. The van der Waals surface area contributed by atoms with Crippen LogP contribution in [0.15, 0.2) is 58.1 Å². The lowest BCUT2D eigenvalue weighted by Gasteiger charge is -2.04. The first kappa shape index (κ1) is 19.7. The Kier molecular flexibility index (Phi) is 4.77. The molecule has 0 unspecified atom stereocenters. The van der Waals surface area contributed by atoms with Crippen molar-refractivity contribution in [2.45, 2.75) is 20.0 Å². The Balaban J connectivity index is 1.42. The van der Waals surface area contributed by atoms with Gasteiger partial charge in [-0.15, -0.1) is 5.10 Å². The van der Waals surface area contributed by atoms with E-state index in [0.717, 1.165) is 17.2 Å². The number of halogens is 2. The normalized spacial score (nSPS) is 11.3. The minimum Gasteiger partial charge on any atom is -0.337 e. The Bertz CT molecular complexity index is 1490. The number of aromatic nitrogens is 7. The second kappa shape index (κ2) is 7.76. The van der Waals surface area contributed by atoms with Gasteiger partial charge >= 0.3 is 0 Å². The van der Waals surface area contributed by atoms with Crippen LogP contribution in [0.2, 0.25) is 0 Å². The molecule has 0 saturated heterocycles. The SMILES string of the molecule is Cc1cccc(-c2noc(Cn3cnc4c(nnn4Cc4cc(F)cc(F)c4)c3=O)n2)c1. The molecular weight excluding hydrogens is 420 g/mol. The van der Waals surface area contributed by atoms with E-state index < -0.39 is 17.2 Å². The van der Waals surface area contributed by atoms with Crippen molar-refractivity contribution >= 4 is 11.2 Å². The van der Waals surface area contributed by atoms with Crippen LogP contribution in [0.25, 0.3) is 22.6 Å². The highest BCUT2D eigenvalue weighted by molar-refractivity contribution is 5.67. The number of hydrogen-bond donors (Lipinski definition) is 0. The maximum atomic E-state index is 13.5. The van der Waals surface area contributed by atoms with Crippen molar-refractivity contribution in [2.24, 2.45) is 0 Å². The summed E-state index contributed by atoms with van der Waals surface area (Å²) in [5.74, 6) is -0.764. The van der Waals surface area contributed by atoms with E-state index >= 15 is 0 Å². The lowest BCUT2D eigenvalue weighted by molar-refractivity contribution is 0.369. The summed E-state index contributed by atoms with van der Waals surface area (Å²) in [5, 5.41) is 11.8. The standard InChI is InChI=1S/C21H15F2N7O2/c1-12-3-2-4-14(5-12)19-25-17(32-27-19)10-29-11-24-20-18(21(29)31)26-28-30(20)9-13-6-15(22)8-16(23)7-13/h2-8,11H,9-10H2,1H3. The summed E-state index contributed by atoms with van der Waals surface area (Å²) < 4.78 is 34.8. The highest BCUT2D eigenvalue weighted by Crippen LogP contribution is 2.17. The molecule has 0 aliphatic carbocycles. The number of aryl methyl sites for hydroxylation is 1. The zero-order valence-electron chi connectivity index (χ0n) is 16.7. The molecule has 3 aromatic heterocycles. The minimum atomic E-state index is -0.704. The van der Waals surface area contributed by atoms with E-state index in [2.05, 4.69) is 25.4 Å². The Morgan fingerprint density at radius 3 is 2.66 bits per heavy atom. The molecule has 0 aliphatic heterocycles. The zero-order chi connectivity index (χ0) is 22.2. The first-order valence-corrected chi connectivity index (χ1v) is 9.59. The van der Waals surface area contributed by atoms with Crippen LogP contribution in [0.1, 0.15) is 17.0 Å². The van der Waals surface area contributed by atoms with Gasteiger partial charge in [0.25, 0.3) is 5.56 Å². The van der Waals surface area contributed by atoms with E-state index in [0.29, 0.717) is 11.4 Å². The number of hydrogen-bond acceptors (Lipinski definition) is 7. The van der Waals surface area contributed by atoms with Gasteiger partial charge in [0.2, 0.25) is 11.7 Å². The van der Waals surface area contributed by atoms with Crippen LogP contribution in [0.3, 0.4) is 0 Å². The first-order chi connectivity index (χ1) is 15.5. The summed E-state index contributed by atoms with van der Waals surface area (Å²) in [5.41, 5.74) is 1.95. The van der Waals surface area contributed by atoms with Crippen LogP contribution in [0.5, 0.6) is 0 Å². The quantitative estimate of drug-likeness (QED) is 0.418. The predicted octanol–water partition coefficient (Wildman–Crippen LogP) is 2.72. The van der Waals surface area contributed by atoms with Crippen LogP contribution in [0.4, 0.5) is 8.78 Å². The fraction of sp³-hybridized carbons (Fsp3) is 0.143. The van der Waals surface area contributed by atoms with Gasteiger partial charge < -0.3 is 4.52 Å². The number of fused-ring (bicyclic) bond motifs is 1. The molecule has 11 heteroatoms. The van der Waals surface area contributed by atoms with Gasteiger partial charge in [-0.1, -0.05) is 34.1 Å². The summed E-state index contributed by atoms with van der Waals surface area (Å²) >= 11 is 0. The maximum Gasteiger partial charge on any atom is 0.283 e. The Morgan fingerprint density at radius 2 is 1.88 bits per heavy atom. The molecule has 0 bridgehead atoms. The van der Waals surface area contributed by atoms with Crippen LogP contribution >= 0.6 is 0 Å². The third kappa shape index (κ3) is 3.75. The zero-order valence-corrected chi connectivity index (χ0v) is 16.7. The molecule has 0 radical (unpaired) electrons. The lowest BCUT2D eigenvalue weighted by atomic mass is 10.1. The molecule has 0 aliphatic rings. The molecule has 160 valence electrons. The molecule has 5 aromatic rings. The summed E-state index contributed by atoms with van der Waals surface area (Å²) in [6, 6.07) is 10.8. The van der Waals surface area contributed by atoms with E-state index in [4.69, 9.17) is 4.52 Å². The van der Waals surface area contributed by atoms with Gasteiger partial charge in [0.15, 0.2) is 11.2 Å². The highest BCUT2D eigenvalue weighted by atomic mass is 19.1. The third-order valence-electron chi connectivity index (χ3n) is 4.80. The smallest absolute Gasteiger partial charge is 0.283 e. The van der Waals surface area contributed by atoms with Gasteiger partial charge in [-0.3, -0.25) is 9.36 Å². The molecule has 0 N–H and O–H groups in total. The summed E-state index contributed by atoms with van der Waals surface area (Å²) in [6.07, 6.45) is 1.31. The average molecular weight is 435 g/mol. The van der Waals surface area contributed by atoms with Crippen LogP contribution in [-0.2, 0) is 13.1 Å². The molecule has 0 atom stereocenters. The van der Waals surface area contributed by atoms with Gasteiger partial charge in [-0.25, -0.2) is 18.4 Å². The maximum absolute atomic E-state index is 13.5. The third-order valence-corrected chi connectivity index (χ3v) is 4.80. The molecule has 0 spiro atoms. The molecule has 2 aromatic carbocycles. The highest BCUT2D eigenvalue weighted by Gasteiger charge is 2.15. The van der Waals surface area contributed by atoms with E-state index in [1.807, 2.05) is 31.2 Å². The fourth-order valence-electron chi connectivity index (χ4n) is 3.35. The van der Waals surface area contributed by atoms with Gasteiger partial charge in [0, 0.05) is 11.6 Å². The van der Waals surface area contributed by atoms with Crippen molar-refractivity contribution in [1.29, 1.82) is 0 Å². The van der Waals surface area contributed by atoms with Crippen molar-refractivity contribution in [3.05, 3.63) is 87.8 Å². The van der Waals surface area contributed by atoms with Crippen molar-refractivity contribution in [3.63, 3.8) is 0 Å². The minimum absolute atomic E-state index is 0.00254. The second-order valence-electron chi connectivity index (χ2n) is 7.26. The van der Waals surface area contributed by atoms with E-state index in [9.17, 15) is 13.6 Å². The van der Waals surface area contributed by atoms with Gasteiger partial charge in [0.1, 0.15) is 24.5 Å². The topological polar surface area (TPSA) is 105 Å². The Labute approximate surface area is 179 Å². The van der Waals surface area contributed by atoms with Gasteiger partial charge in [0.05, 0.1) is 6.54 Å². The van der Waals surface area contributed by atoms with Crippen molar-refractivity contribution in [1.82, 2.24) is 34.7 Å². The fourth-order valence-corrected chi connectivity index (χ4v) is 3.35. The van der Waals surface area contributed by atoms with Gasteiger partial charge in [-0.2, -0.15) is 4.98 Å². The van der Waals surface area contributed by atoms with Crippen LogP contribution < -0.4 is 5.56 Å². The second-order valence-corrected chi connectivity index (χ2v) is 7.26. The largest absolute Gasteiger partial charge is 0.337 e. The lowest BCUT2D eigenvalue weighted by Crippen LogP contribution is -2.21. The summed E-state index contributed by atoms with van der Waals surface area (Å²) in [7, 11) is 0. The molecule has 9 nitrogen and oxygen atoms in total.